The molecule has 0 aromatic heterocycles. The molecule has 6 nitrogen and oxygen atoms in total. The highest BCUT2D eigenvalue weighted by molar-refractivity contribution is 5.79. The summed E-state index contributed by atoms with van der Waals surface area (Å²) in [7, 11) is 0. The third-order valence-electron chi connectivity index (χ3n) is 4.81. The first kappa shape index (κ1) is 18.9. The van der Waals surface area contributed by atoms with Crippen molar-refractivity contribution in [3.8, 4) is 0 Å². The van der Waals surface area contributed by atoms with Gasteiger partial charge in [-0.15, -0.1) is 6.58 Å². The van der Waals surface area contributed by atoms with E-state index in [0.29, 0.717) is 19.6 Å². The standard InChI is InChI=1S/C18H32N4O2/c1-2-8-19-17(23)15-21-11-7-12-22(14-13-21)18(24)16-20-9-5-3-4-6-10-20/h2H,1,3-16H2,(H,19,23). The van der Waals surface area contributed by atoms with Crippen molar-refractivity contribution in [3.63, 3.8) is 0 Å². The number of amides is 2. The lowest BCUT2D eigenvalue weighted by Gasteiger charge is -2.25. The molecule has 0 bridgehead atoms. The Morgan fingerprint density at radius 3 is 2.21 bits per heavy atom. The van der Waals surface area contributed by atoms with Crippen molar-refractivity contribution in [2.45, 2.75) is 32.1 Å². The highest BCUT2D eigenvalue weighted by Crippen LogP contribution is 2.10. The molecule has 2 rings (SSSR count). The van der Waals surface area contributed by atoms with Crippen molar-refractivity contribution >= 4 is 11.8 Å². The predicted molar refractivity (Wildman–Crippen MR) is 95.8 cm³/mol. The SMILES string of the molecule is C=CCNC(=O)CN1CCCN(C(=O)CN2CCCCCC2)CC1. The van der Waals surface area contributed by atoms with Gasteiger partial charge in [0.15, 0.2) is 0 Å². The maximum Gasteiger partial charge on any atom is 0.236 e. The largest absolute Gasteiger partial charge is 0.352 e. The molecule has 2 heterocycles. The van der Waals surface area contributed by atoms with Crippen LogP contribution in [0.3, 0.4) is 0 Å². The average Bonchev–Trinajstić information content (AvgIpc) is 2.96. The Kier molecular flexibility index (Phi) is 8.25. The number of carbonyl (C=O) groups excluding carboxylic acids is 2. The van der Waals surface area contributed by atoms with Crippen LogP contribution in [0.4, 0.5) is 0 Å². The van der Waals surface area contributed by atoms with Gasteiger partial charge >= 0.3 is 0 Å². The summed E-state index contributed by atoms with van der Waals surface area (Å²) in [5.41, 5.74) is 0. The van der Waals surface area contributed by atoms with Gasteiger partial charge in [0.2, 0.25) is 11.8 Å². The quantitative estimate of drug-likeness (QED) is 0.726. The van der Waals surface area contributed by atoms with Crippen molar-refractivity contribution in [3.05, 3.63) is 12.7 Å². The minimum Gasteiger partial charge on any atom is -0.352 e. The van der Waals surface area contributed by atoms with Crippen LogP contribution in [0.5, 0.6) is 0 Å². The van der Waals surface area contributed by atoms with Crippen LogP contribution < -0.4 is 5.32 Å². The Bertz CT molecular complexity index is 419. The van der Waals surface area contributed by atoms with E-state index in [1.165, 1.54) is 25.7 Å². The molecule has 24 heavy (non-hydrogen) atoms. The van der Waals surface area contributed by atoms with Gasteiger partial charge in [0.1, 0.15) is 0 Å². The first-order valence-corrected chi connectivity index (χ1v) is 9.29. The molecule has 0 unspecified atom stereocenters. The van der Waals surface area contributed by atoms with Crippen molar-refractivity contribution in [2.24, 2.45) is 0 Å². The summed E-state index contributed by atoms with van der Waals surface area (Å²) in [6, 6.07) is 0. The number of hydrogen-bond acceptors (Lipinski definition) is 4. The van der Waals surface area contributed by atoms with Gasteiger partial charge in [-0.25, -0.2) is 0 Å². The van der Waals surface area contributed by atoms with Gasteiger partial charge in [0.25, 0.3) is 0 Å². The number of rotatable bonds is 6. The summed E-state index contributed by atoms with van der Waals surface area (Å²) in [4.78, 5) is 30.8. The van der Waals surface area contributed by atoms with E-state index >= 15 is 0 Å². The van der Waals surface area contributed by atoms with Gasteiger partial charge in [0, 0.05) is 32.7 Å². The van der Waals surface area contributed by atoms with E-state index < -0.39 is 0 Å². The van der Waals surface area contributed by atoms with Gasteiger partial charge in [-0.1, -0.05) is 18.9 Å². The molecule has 2 fully saturated rings. The van der Waals surface area contributed by atoms with Crippen LogP contribution in [0.2, 0.25) is 0 Å². The van der Waals surface area contributed by atoms with Crippen LogP contribution in [0.25, 0.3) is 0 Å². The smallest absolute Gasteiger partial charge is 0.236 e. The Labute approximate surface area is 145 Å². The molecule has 0 aromatic carbocycles. The second-order valence-electron chi connectivity index (χ2n) is 6.79. The molecule has 6 heteroatoms. The molecule has 0 atom stereocenters. The molecule has 136 valence electrons. The van der Waals surface area contributed by atoms with Crippen molar-refractivity contribution in [1.82, 2.24) is 20.0 Å². The fourth-order valence-corrected chi connectivity index (χ4v) is 3.41. The molecular weight excluding hydrogens is 304 g/mol. The van der Waals surface area contributed by atoms with E-state index in [-0.39, 0.29) is 11.8 Å². The summed E-state index contributed by atoms with van der Waals surface area (Å²) < 4.78 is 0. The van der Waals surface area contributed by atoms with Crippen LogP contribution in [-0.4, -0.2) is 85.4 Å². The maximum atomic E-state index is 12.6. The number of nitrogens with zero attached hydrogens (tertiary/aromatic N) is 3. The third kappa shape index (κ3) is 6.61. The van der Waals surface area contributed by atoms with Crippen LogP contribution in [-0.2, 0) is 9.59 Å². The van der Waals surface area contributed by atoms with E-state index in [1.54, 1.807) is 6.08 Å². The summed E-state index contributed by atoms with van der Waals surface area (Å²) in [5.74, 6) is 0.272. The lowest BCUT2D eigenvalue weighted by Crippen LogP contribution is -2.43. The van der Waals surface area contributed by atoms with Crippen molar-refractivity contribution < 1.29 is 9.59 Å². The van der Waals surface area contributed by atoms with Crippen LogP contribution >= 0.6 is 0 Å². The van der Waals surface area contributed by atoms with E-state index in [4.69, 9.17) is 0 Å². The van der Waals surface area contributed by atoms with Gasteiger partial charge in [-0.05, 0) is 32.4 Å². The topological polar surface area (TPSA) is 55.9 Å². The number of carbonyl (C=O) groups is 2. The monoisotopic (exact) mass is 336 g/mol. The first-order valence-electron chi connectivity index (χ1n) is 9.29. The Balaban J connectivity index is 1.74. The van der Waals surface area contributed by atoms with E-state index in [1.807, 2.05) is 4.90 Å². The highest BCUT2D eigenvalue weighted by Gasteiger charge is 2.22. The second kappa shape index (κ2) is 10.5. The molecule has 0 saturated carbocycles. The van der Waals surface area contributed by atoms with Gasteiger partial charge in [0.05, 0.1) is 13.1 Å². The fraction of sp³-hybridized carbons (Fsp3) is 0.778. The zero-order valence-electron chi connectivity index (χ0n) is 14.8. The number of nitrogens with one attached hydrogen (secondary N) is 1. The first-order chi connectivity index (χ1) is 11.7. The Morgan fingerprint density at radius 1 is 0.833 bits per heavy atom. The highest BCUT2D eigenvalue weighted by atomic mass is 16.2. The summed E-state index contributed by atoms with van der Waals surface area (Å²) >= 11 is 0. The van der Waals surface area contributed by atoms with Crippen molar-refractivity contribution in [1.29, 1.82) is 0 Å². The normalized spacial score (nSPS) is 20.9. The Morgan fingerprint density at radius 2 is 1.50 bits per heavy atom. The van der Waals surface area contributed by atoms with E-state index in [9.17, 15) is 9.59 Å². The van der Waals surface area contributed by atoms with Crippen LogP contribution in [0.15, 0.2) is 12.7 Å². The molecule has 0 radical (unpaired) electrons. The number of hydrogen-bond donors (Lipinski definition) is 1. The molecule has 2 amide bonds. The van der Waals surface area contributed by atoms with Crippen molar-refractivity contribution in [2.75, 3.05) is 58.9 Å². The zero-order chi connectivity index (χ0) is 17.2. The summed E-state index contributed by atoms with van der Waals surface area (Å²) in [6.07, 6.45) is 7.61. The van der Waals surface area contributed by atoms with Gasteiger partial charge < -0.3 is 10.2 Å². The molecule has 0 aromatic rings. The third-order valence-corrected chi connectivity index (χ3v) is 4.81. The van der Waals surface area contributed by atoms with E-state index in [0.717, 1.165) is 45.7 Å². The second-order valence-corrected chi connectivity index (χ2v) is 6.79. The summed E-state index contributed by atoms with van der Waals surface area (Å²) in [6.45, 7) is 10.3. The molecule has 2 aliphatic rings. The molecule has 0 spiro atoms. The lowest BCUT2D eigenvalue weighted by molar-refractivity contribution is -0.132. The lowest BCUT2D eigenvalue weighted by atomic mass is 10.2. The average molecular weight is 336 g/mol. The summed E-state index contributed by atoms with van der Waals surface area (Å²) in [5, 5.41) is 2.81. The van der Waals surface area contributed by atoms with Gasteiger partial charge in [-0.3, -0.25) is 19.4 Å². The zero-order valence-corrected chi connectivity index (χ0v) is 14.8. The maximum absolute atomic E-state index is 12.6. The molecule has 2 aliphatic heterocycles. The minimum absolute atomic E-state index is 0.0271. The Hall–Kier alpha value is -1.40. The molecule has 2 saturated heterocycles. The van der Waals surface area contributed by atoms with E-state index in [2.05, 4.69) is 21.7 Å². The van der Waals surface area contributed by atoms with Gasteiger partial charge in [-0.2, -0.15) is 0 Å². The molecule has 1 N–H and O–H groups in total. The number of likely N-dealkylation sites (tertiary alicyclic amines) is 1. The molecular formula is C18H32N4O2. The fourth-order valence-electron chi connectivity index (χ4n) is 3.41. The van der Waals surface area contributed by atoms with Crippen LogP contribution in [0, 0.1) is 0 Å². The predicted octanol–water partition coefficient (Wildman–Crippen LogP) is 0.699. The molecule has 0 aliphatic carbocycles. The minimum atomic E-state index is 0.0271. The van der Waals surface area contributed by atoms with Crippen LogP contribution in [0.1, 0.15) is 32.1 Å².